The highest BCUT2D eigenvalue weighted by Gasteiger charge is 2.14. The molecule has 0 fully saturated rings. The van der Waals surface area contributed by atoms with Crippen LogP contribution >= 0.6 is 15.9 Å². The summed E-state index contributed by atoms with van der Waals surface area (Å²) >= 11 is 3.62. The monoisotopic (exact) mass is 313 g/mol. The Morgan fingerprint density at radius 1 is 1.33 bits per heavy atom. The van der Waals surface area contributed by atoms with Crippen molar-refractivity contribution in [3.05, 3.63) is 34.3 Å². The number of nitrogens with one attached hydrogen (secondary N) is 1. The summed E-state index contributed by atoms with van der Waals surface area (Å²) < 4.78 is 6.59. The van der Waals surface area contributed by atoms with Gasteiger partial charge < -0.3 is 10.1 Å². The van der Waals surface area contributed by atoms with Crippen molar-refractivity contribution in [2.75, 3.05) is 20.2 Å². The van der Waals surface area contributed by atoms with Crippen molar-refractivity contribution < 1.29 is 4.74 Å². The molecular formula is C15H24BrNO. The van der Waals surface area contributed by atoms with Gasteiger partial charge in [0.2, 0.25) is 0 Å². The minimum Gasteiger partial charge on any atom is -0.382 e. The van der Waals surface area contributed by atoms with Crippen LogP contribution in [0.5, 0.6) is 0 Å². The lowest BCUT2D eigenvalue weighted by Crippen LogP contribution is -2.27. The topological polar surface area (TPSA) is 21.3 Å². The Kier molecular flexibility index (Phi) is 7.56. The van der Waals surface area contributed by atoms with Gasteiger partial charge in [0.05, 0.1) is 6.10 Å². The maximum atomic E-state index is 5.39. The molecule has 0 radical (unpaired) electrons. The molecule has 0 bridgehead atoms. The number of rotatable bonds is 8. The molecule has 2 atom stereocenters. The van der Waals surface area contributed by atoms with E-state index in [0.717, 1.165) is 25.9 Å². The molecule has 2 nitrogen and oxygen atoms in total. The van der Waals surface area contributed by atoms with E-state index in [-0.39, 0.29) is 0 Å². The highest BCUT2D eigenvalue weighted by molar-refractivity contribution is 9.10. The lowest BCUT2D eigenvalue weighted by atomic mass is 9.94. The molecule has 0 aliphatic carbocycles. The fourth-order valence-corrected chi connectivity index (χ4v) is 2.57. The molecule has 1 aromatic rings. The average Bonchev–Trinajstić information content (AvgIpc) is 2.38. The first kappa shape index (κ1) is 15.7. The molecule has 0 heterocycles. The number of methoxy groups -OCH3 is 1. The van der Waals surface area contributed by atoms with Gasteiger partial charge in [0.15, 0.2) is 0 Å². The van der Waals surface area contributed by atoms with E-state index in [1.165, 1.54) is 10.0 Å². The van der Waals surface area contributed by atoms with Gasteiger partial charge in [-0.3, -0.25) is 0 Å². The van der Waals surface area contributed by atoms with Crippen LogP contribution < -0.4 is 5.32 Å². The van der Waals surface area contributed by atoms with E-state index in [1.807, 2.05) is 0 Å². The minimum atomic E-state index is 0.316. The third kappa shape index (κ3) is 5.51. The smallest absolute Gasteiger partial charge is 0.0546 e. The Morgan fingerprint density at radius 2 is 2.06 bits per heavy atom. The molecule has 0 saturated heterocycles. The molecule has 1 rings (SSSR count). The normalized spacial score (nSPS) is 14.4. The summed E-state index contributed by atoms with van der Waals surface area (Å²) in [6.45, 7) is 6.35. The number of hydrogen-bond donors (Lipinski definition) is 1. The molecule has 1 aromatic carbocycles. The van der Waals surface area contributed by atoms with Gasteiger partial charge in [-0.1, -0.05) is 41.1 Å². The van der Waals surface area contributed by atoms with Gasteiger partial charge in [0, 0.05) is 11.6 Å². The van der Waals surface area contributed by atoms with Crippen LogP contribution in [0.3, 0.4) is 0 Å². The first-order chi connectivity index (χ1) is 8.67. The molecule has 0 aliphatic rings. The first-order valence-corrected chi connectivity index (χ1v) is 7.43. The van der Waals surface area contributed by atoms with Gasteiger partial charge >= 0.3 is 0 Å². The van der Waals surface area contributed by atoms with Crippen LogP contribution in [0, 0.1) is 5.92 Å². The maximum Gasteiger partial charge on any atom is 0.0546 e. The van der Waals surface area contributed by atoms with Gasteiger partial charge in [0.25, 0.3) is 0 Å². The second-order valence-electron chi connectivity index (χ2n) is 4.75. The standard InChI is InChI=1S/C15H24BrNO/c1-4-17-11-13(9-12(2)18-3)10-14-7-5-6-8-15(14)16/h5-8,12-13,17H,4,9-11H2,1-3H3. The Balaban J connectivity index is 2.62. The average molecular weight is 314 g/mol. The van der Waals surface area contributed by atoms with E-state index >= 15 is 0 Å². The van der Waals surface area contributed by atoms with Crippen LogP contribution in [-0.4, -0.2) is 26.3 Å². The maximum absolute atomic E-state index is 5.39. The molecule has 0 amide bonds. The van der Waals surface area contributed by atoms with Crippen molar-refractivity contribution in [3.63, 3.8) is 0 Å². The number of ether oxygens (including phenoxy) is 1. The van der Waals surface area contributed by atoms with E-state index in [0.29, 0.717) is 12.0 Å². The van der Waals surface area contributed by atoms with Gasteiger partial charge in [0.1, 0.15) is 0 Å². The molecule has 102 valence electrons. The summed E-state index contributed by atoms with van der Waals surface area (Å²) in [5, 5.41) is 3.45. The van der Waals surface area contributed by atoms with Crippen LogP contribution in [0.2, 0.25) is 0 Å². The third-order valence-corrected chi connectivity index (χ3v) is 3.99. The Bertz CT molecular complexity index is 343. The molecule has 0 spiro atoms. The lowest BCUT2D eigenvalue weighted by Gasteiger charge is -2.21. The van der Waals surface area contributed by atoms with Gasteiger partial charge in [-0.05, 0) is 50.4 Å². The number of halogens is 1. The van der Waals surface area contributed by atoms with Crippen molar-refractivity contribution in [1.82, 2.24) is 5.32 Å². The summed E-state index contributed by atoms with van der Waals surface area (Å²) in [5.74, 6) is 0.610. The van der Waals surface area contributed by atoms with Crippen LogP contribution in [0.1, 0.15) is 25.8 Å². The second-order valence-corrected chi connectivity index (χ2v) is 5.61. The highest BCUT2D eigenvalue weighted by atomic mass is 79.9. The van der Waals surface area contributed by atoms with Crippen LogP contribution in [0.25, 0.3) is 0 Å². The molecule has 3 heteroatoms. The van der Waals surface area contributed by atoms with E-state index in [1.54, 1.807) is 7.11 Å². The van der Waals surface area contributed by atoms with Crippen molar-refractivity contribution in [2.24, 2.45) is 5.92 Å². The zero-order valence-corrected chi connectivity index (χ0v) is 13.2. The fraction of sp³-hybridized carbons (Fsp3) is 0.600. The Hall–Kier alpha value is -0.380. The molecule has 1 N–H and O–H groups in total. The van der Waals surface area contributed by atoms with Crippen molar-refractivity contribution >= 4 is 15.9 Å². The predicted octanol–water partition coefficient (Wildman–Crippen LogP) is 3.64. The van der Waals surface area contributed by atoms with Crippen LogP contribution in [0.4, 0.5) is 0 Å². The van der Waals surface area contributed by atoms with Crippen LogP contribution in [0.15, 0.2) is 28.7 Å². The number of benzene rings is 1. The summed E-state index contributed by atoms with van der Waals surface area (Å²) in [6.07, 6.45) is 2.49. The van der Waals surface area contributed by atoms with Crippen molar-refractivity contribution in [3.8, 4) is 0 Å². The van der Waals surface area contributed by atoms with E-state index < -0.39 is 0 Å². The van der Waals surface area contributed by atoms with Crippen molar-refractivity contribution in [2.45, 2.75) is 32.8 Å². The molecule has 18 heavy (non-hydrogen) atoms. The van der Waals surface area contributed by atoms with Gasteiger partial charge in [-0.15, -0.1) is 0 Å². The largest absolute Gasteiger partial charge is 0.382 e. The molecule has 0 aromatic heterocycles. The fourth-order valence-electron chi connectivity index (χ4n) is 2.13. The highest BCUT2D eigenvalue weighted by Crippen LogP contribution is 2.22. The molecular weight excluding hydrogens is 290 g/mol. The second kappa shape index (κ2) is 8.68. The molecule has 2 unspecified atom stereocenters. The van der Waals surface area contributed by atoms with E-state index in [9.17, 15) is 0 Å². The first-order valence-electron chi connectivity index (χ1n) is 6.64. The van der Waals surface area contributed by atoms with Crippen molar-refractivity contribution in [1.29, 1.82) is 0 Å². The summed E-state index contributed by atoms with van der Waals surface area (Å²) in [4.78, 5) is 0. The third-order valence-electron chi connectivity index (χ3n) is 3.22. The zero-order valence-electron chi connectivity index (χ0n) is 11.6. The predicted molar refractivity (Wildman–Crippen MR) is 81.0 cm³/mol. The van der Waals surface area contributed by atoms with Crippen LogP contribution in [-0.2, 0) is 11.2 Å². The zero-order chi connectivity index (χ0) is 13.4. The lowest BCUT2D eigenvalue weighted by molar-refractivity contribution is 0.0946. The summed E-state index contributed by atoms with van der Waals surface area (Å²) in [7, 11) is 1.79. The summed E-state index contributed by atoms with van der Waals surface area (Å²) in [6, 6.07) is 8.47. The minimum absolute atomic E-state index is 0.316. The SMILES string of the molecule is CCNCC(Cc1ccccc1Br)CC(C)OC. The Morgan fingerprint density at radius 3 is 2.67 bits per heavy atom. The molecule has 0 aliphatic heterocycles. The number of hydrogen-bond acceptors (Lipinski definition) is 2. The molecule has 0 saturated carbocycles. The van der Waals surface area contributed by atoms with E-state index in [2.05, 4.69) is 59.4 Å². The van der Waals surface area contributed by atoms with E-state index in [4.69, 9.17) is 4.74 Å². The summed E-state index contributed by atoms with van der Waals surface area (Å²) in [5.41, 5.74) is 1.38. The quantitative estimate of drug-likeness (QED) is 0.791. The van der Waals surface area contributed by atoms with Gasteiger partial charge in [-0.2, -0.15) is 0 Å². The Labute approximate surface area is 119 Å². The van der Waals surface area contributed by atoms with Gasteiger partial charge in [-0.25, -0.2) is 0 Å².